The Hall–Kier alpha value is -5.60. The summed E-state index contributed by atoms with van der Waals surface area (Å²) in [4.78, 5) is 2.51. The fraction of sp³-hybridized carbons (Fsp3) is 0.111. The third-order valence-corrected chi connectivity index (χ3v) is 10.3. The van der Waals surface area contributed by atoms with Crippen LogP contribution in [-0.4, -0.2) is 4.57 Å². The van der Waals surface area contributed by atoms with Gasteiger partial charge in [0, 0.05) is 27.4 Å². The van der Waals surface area contributed by atoms with Crippen LogP contribution in [0.5, 0.6) is 0 Å². The van der Waals surface area contributed by atoms with E-state index >= 15 is 0 Å². The number of hydrogen-bond donors (Lipinski definition) is 0. The molecule has 6 aromatic carbocycles. The third kappa shape index (κ3) is 4.32. The Morgan fingerprint density at radius 2 is 1.21 bits per heavy atom. The molecule has 1 unspecified atom stereocenters. The number of rotatable bonds is 4. The second kappa shape index (κ2) is 10.7. The molecule has 1 atom stereocenters. The molecule has 1 aliphatic heterocycles. The maximum Gasteiger partial charge on any atom is 0.0602 e. The van der Waals surface area contributed by atoms with Crippen molar-refractivity contribution in [2.45, 2.75) is 31.7 Å². The van der Waals surface area contributed by atoms with Gasteiger partial charge >= 0.3 is 0 Å². The van der Waals surface area contributed by atoms with Gasteiger partial charge in [-0.05, 0) is 70.2 Å². The highest BCUT2D eigenvalue weighted by molar-refractivity contribution is 6.17. The van der Waals surface area contributed by atoms with Gasteiger partial charge in [-0.3, -0.25) is 0 Å². The van der Waals surface area contributed by atoms with Crippen LogP contribution in [0, 0.1) is 0 Å². The summed E-state index contributed by atoms with van der Waals surface area (Å²) in [6.45, 7) is 4.76. The minimum atomic E-state index is -0.164. The molecule has 0 radical (unpaired) electrons. The zero-order chi connectivity index (χ0) is 31.5. The quantitative estimate of drug-likeness (QED) is 0.194. The average Bonchev–Trinajstić information content (AvgIpc) is 3.47. The van der Waals surface area contributed by atoms with Crippen molar-refractivity contribution >= 4 is 50.0 Å². The van der Waals surface area contributed by atoms with E-state index < -0.39 is 0 Å². The maximum absolute atomic E-state index is 2.61. The van der Waals surface area contributed by atoms with Gasteiger partial charge in [0.1, 0.15) is 0 Å². The Morgan fingerprint density at radius 1 is 0.574 bits per heavy atom. The molecule has 0 amide bonds. The third-order valence-electron chi connectivity index (χ3n) is 10.3. The van der Waals surface area contributed by atoms with Crippen LogP contribution < -0.4 is 4.90 Å². The molecule has 9 rings (SSSR count). The van der Waals surface area contributed by atoms with Gasteiger partial charge in [-0.2, -0.15) is 0 Å². The zero-order valence-corrected chi connectivity index (χ0v) is 26.8. The first-order valence-corrected chi connectivity index (χ1v) is 16.6. The van der Waals surface area contributed by atoms with Crippen molar-refractivity contribution < 1.29 is 0 Å². The molecule has 1 aliphatic carbocycles. The molecule has 2 heterocycles. The van der Waals surface area contributed by atoms with Crippen LogP contribution in [0.15, 0.2) is 164 Å². The molecule has 0 saturated carbocycles. The lowest BCUT2D eigenvalue weighted by atomic mass is 9.73. The lowest BCUT2D eigenvalue weighted by Crippen LogP contribution is -2.30. The number of hydrogen-bond acceptors (Lipinski definition) is 1. The standard InChI is InChI=1S/C45H36N2/c1-45(2)38-23-13-15-25-41(38)47(35-20-10-5-11-21-35)44-39(45)26-27-42-43(44)37-22-12-14-24-40(37)46(42)36-29-33(31-16-6-3-7-17-31)28-34(30-36)32-18-8-4-9-19-32/h3-29,36H,30H2,1-2H3. The highest BCUT2D eigenvalue weighted by Gasteiger charge is 2.39. The Bertz CT molecular complexity index is 2340. The first kappa shape index (κ1) is 27.7. The van der Waals surface area contributed by atoms with Crippen molar-refractivity contribution in [1.82, 2.24) is 4.57 Å². The molecule has 1 aromatic heterocycles. The van der Waals surface area contributed by atoms with Gasteiger partial charge in [-0.25, -0.2) is 0 Å². The summed E-state index contributed by atoms with van der Waals surface area (Å²) in [6, 6.07) is 55.5. The molecule has 0 spiro atoms. The minimum absolute atomic E-state index is 0.139. The highest BCUT2D eigenvalue weighted by Crippen LogP contribution is 2.56. The normalized spacial score (nSPS) is 16.8. The fourth-order valence-corrected chi connectivity index (χ4v) is 8.09. The van der Waals surface area contributed by atoms with Crippen LogP contribution in [0.2, 0.25) is 0 Å². The molecular weight excluding hydrogens is 569 g/mol. The van der Waals surface area contributed by atoms with Gasteiger partial charge in [0.15, 0.2) is 0 Å². The molecule has 0 N–H and O–H groups in total. The Balaban J connectivity index is 1.34. The topological polar surface area (TPSA) is 8.17 Å². The molecule has 226 valence electrons. The summed E-state index contributed by atoms with van der Waals surface area (Å²) in [5.41, 5.74) is 13.9. The van der Waals surface area contributed by atoms with E-state index in [1.54, 1.807) is 0 Å². The van der Waals surface area contributed by atoms with Crippen LogP contribution in [0.25, 0.3) is 33.0 Å². The molecule has 7 aromatic rings. The first-order valence-electron chi connectivity index (χ1n) is 16.6. The van der Waals surface area contributed by atoms with E-state index in [4.69, 9.17) is 0 Å². The van der Waals surface area contributed by atoms with E-state index in [2.05, 4.69) is 187 Å². The van der Waals surface area contributed by atoms with Gasteiger partial charge in [0.2, 0.25) is 0 Å². The van der Waals surface area contributed by atoms with Crippen molar-refractivity contribution in [2.24, 2.45) is 0 Å². The number of nitrogens with zero attached hydrogens (tertiary/aromatic N) is 2. The Labute approximate surface area is 276 Å². The van der Waals surface area contributed by atoms with Crippen LogP contribution in [-0.2, 0) is 5.41 Å². The lowest BCUT2D eigenvalue weighted by Gasteiger charge is -2.42. The summed E-state index contributed by atoms with van der Waals surface area (Å²) >= 11 is 0. The van der Waals surface area contributed by atoms with Gasteiger partial charge in [-0.15, -0.1) is 0 Å². The number of para-hydroxylation sites is 3. The summed E-state index contributed by atoms with van der Waals surface area (Å²) in [5, 5.41) is 2.61. The van der Waals surface area contributed by atoms with Crippen molar-refractivity contribution in [3.63, 3.8) is 0 Å². The van der Waals surface area contributed by atoms with Crippen LogP contribution in [0.3, 0.4) is 0 Å². The number of anilines is 3. The van der Waals surface area contributed by atoms with E-state index in [-0.39, 0.29) is 11.5 Å². The highest BCUT2D eigenvalue weighted by atomic mass is 15.2. The summed E-state index contributed by atoms with van der Waals surface area (Å²) in [5.74, 6) is 0. The molecule has 47 heavy (non-hydrogen) atoms. The average molecular weight is 605 g/mol. The maximum atomic E-state index is 2.61. The molecule has 2 aliphatic rings. The smallest absolute Gasteiger partial charge is 0.0602 e. The Kier molecular flexibility index (Phi) is 6.33. The summed E-state index contributed by atoms with van der Waals surface area (Å²) < 4.78 is 2.61. The largest absolute Gasteiger partial charge is 0.333 e. The van der Waals surface area contributed by atoms with Crippen molar-refractivity contribution in [1.29, 1.82) is 0 Å². The summed E-state index contributed by atoms with van der Waals surface area (Å²) in [6.07, 6.45) is 5.80. The van der Waals surface area contributed by atoms with E-state index in [1.807, 2.05) is 0 Å². The monoisotopic (exact) mass is 604 g/mol. The van der Waals surface area contributed by atoms with Crippen LogP contribution in [0.4, 0.5) is 17.1 Å². The zero-order valence-electron chi connectivity index (χ0n) is 26.8. The summed E-state index contributed by atoms with van der Waals surface area (Å²) in [7, 11) is 0. The molecule has 2 nitrogen and oxygen atoms in total. The van der Waals surface area contributed by atoms with Gasteiger partial charge in [0.25, 0.3) is 0 Å². The SMILES string of the molecule is CC1(C)c2ccccc2N(c2ccccc2)c2c1ccc1c2c2ccccc2n1C1C=C(c2ccccc2)C=C(c2ccccc2)C1. The number of aromatic nitrogens is 1. The van der Waals surface area contributed by atoms with Gasteiger partial charge in [0.05, 0.1) is 22.9 Å². The molecule has 0 fully saturated rings. The second-order valence-electron chi connectivity index (χ2n) is 13.4. The van der Waals surface area contributed by atoms with Gasteiger partial charge in [-0.1, -0.05) is 147 Å². The molecule has 0 bridgehead atoms. The number of fused-ring (bicyclic) bond motifs is 6. The van der Waals surface area contributed by atoms with Crippen molar-refractivity contribution in [2.75, 3.05) is 4.90 Å². The van der Waals surface area contributed by atoms with Crippen molar-refractivity contribution in [3.8, 4) is 0 Å². The van der Waals surface area contributed by atoms with E-state index in [1.165, 1.54) is 72.3 Å². The van der Waals surface area contributed by atoms with E-state index in [9.17, 15) is 0 Å². The fourth-order valence-electron chi connectivity index (χ4n) is 8.09. The van der Waals surface area contributed by atoms with Crippen LogP contribution in [0.1, 0.15) is 48.6 Å². The predicted octanol–water partition coefficient (Wildman–Crippen LogP) is 12.0. The van der Waals surface area contributed by atoms with Gasteiger partial charge < -0.3 is 9.47 Å². The van der Waals surface area contributed by atoms with Crippen LogP contribution >= 0.6 is 0 Å². The number of allylic oxidation sites excluding steroid dienone is 4. The first-order chi connectivity index (χ1) is 23.1. The number of benzene rings is 6. The molecule has 2 heteroatoms. The predicted molar refractivity (Wildman–Crippen MR) is 199 cm³/mol. The van der Waals surface area contributed by atoms with Crippen molar-refractivity contribution in [3.05, 3.63) is 186 Å². The molecular formula is C45H36N2. The van der Waals surface area contributed by atoms with E-state index in [0.717, 1.165) is 6.42 Å². The Morgan fingerprint density at radius 3 is 1.98 bits per heavy atom. The van der Waals surface area contributed by atoms with E-state index in [0.29, 0.717) is 0 Å². The lowest BCUT2D eigenvalue weighted by molar-refractivity contribution is 0.632. The second-order valence-corrected chi connectivity index (χ2v) is 13.4. The molecule has 0 saturated heterocycles. The minimum Gasteiger partial charge on any atom is -0.333 e.